The third-order valence-corrected chi connectivity index (χ3v) is 8.33. The van der Waals surface area contributed by atoms with Crippen LogP contribution < -0.4 is 14.2 Å². The SMILES string of the molecule is COc1cc(C(=O)C2(C(CCCc3ccccc3)c3ccc(-c4ccccc4CC(=O)O)cc3)C=CC=N2)cc(OC)c1OC. The first kappa shape index (κ1) is 31.3. The Kier molecular flexibility index (Phi) is 9.78. The molecule has 0 spiro atoms. The third kappa shape index (κ3) is 6.68. The van der Waals surface area contributed by atoms with E-state index in [1.165, 1.54) is 26.9 Å². The summed E-state index contributed by atoms with van der Waals surface area (Å²) in [5.74, 6) is -0.138. The van der Waals surface area contributed by atoms with Crippen LogP contribution in [-0.4, -0.2) is 49.9 Å². The van der Waals surface area contributed by atoms with Gasteiger partial charge in [0.15, 0.2) is 17.3 Å². The normalized spacial score (nSPS) is 15.9. The summed E-state index contributed by atoms with van der Waals surface area (Å²) < 4.78 is 16.6. The van der Waals surface area contributed by atoms with Crippen LogP contribution in [0.2, 0.25) is 0 Å². The number of aliphatic carboxylic acids is 1. The number of rotatable bonds is 14. The van der Waals surface area contributed by atoms with Gasteiger partial charge in [0, 0.05) is 17.7 Å². The Bertz CT molecular complexity index is 1670. The first-order chi connectivity index (χ1) is 21.9. The molecule has 1 heterocycles. The van der Waals surface area contributed by atoms with Gasteiger partial charge in [0.25, 0.3) is 0 Å². The number of Topliss-reactive ketones (excluding diaryl/α,β-unsaturated/α-hetero) is 1. The van der Waals surface area contributed by atoms with Gasteiger partial charge in [-0.2, -0.15) is 0 Å². The number of aliphatic imine (C=N–C) groups is 1. The molecule has 7 nitrogen and oxygen atoms in total. The van der Waals surface area contributed by atoms with Gasteiger partial charge in [-0.15, -0.1) is 0 Å². The molecule has 45 heavy (non-hydrogen) atoms. The molecule has 0 aliphatic carbocycles. The molecule has 0 amide bonds. The van der Waals surface area contributed by atoms with Crippen molar-refractivity contribution in [2.45, 2.75) is 37.1 Å². The molecule has 4 aromatic carbocycles. The van der Waals surface area contributed by atoms with Crippen LogP contribution in [0.3, 0.4) is 0 Å². The maximum atomic E-state index is 14.6. The summed E-state index contributed by atoms with van der Waals surface area (Å²) in [7, 11) is 4.58. The van der Waals surface area contributed by atoms with Gasteiger partial charge in [-0.3, -0.25) is 14.6 Å². The summed E-state index contributed by atoms with van der Waals surface area (Å²) in [5, 5.41) is 9.44. The van der Waals surface area contributed by atoms with E-state index < -0.39 is 11.5 Å². The number of allylic oxidation sites excluding steroid dienone is 1. The zero-order valence-electron chi connectivity index (χ0n) is 25.7. The number of carboxylic acids is 1. The van der Waals surface area contributed by atoms with E-state index >= 15 is 0 Å². The molecule has 0 bridgehead atoms. The minimum atomic E-state index is -1.19. The van der Waals surface area contributed by atoms with Crippen molar-refractivity contribution >= 4 is 18.0 Å². The summed E-state index contributed by atoms with van der Waals surface area (Å²) in [6, 6.07) is 29.3. The largest absolute Gasteiger partial charge is 0.493 e. The maximum Gasteiger partial charge on any atom is 0.307 e. The summed E-state index contributed by atoms with van der Waals surface area (Å²) in [4.78, 5) is 31.0. The number of ether oxygens (including phenoxy) is 3. The van der Waals surface area contributed by atoms with E-state index in [1.807, 2.05) is 78.9 Å². The molecule has 2 atom stereocenters. The van der Waals surface area contributed by atoms with Crippen molar-refractivity contribution in [3.05, 3.63) is 125 Å². The van der Waals surface area contributed by atoms with Crippen LogP contribution in [0.25, 0.3) is 11.1 Å². The lowest BCUT2D eigenvalue weighted by atomic mass is 9.72. The fourth-order valence-corrected chi connectivity index (χ4v) is 6.15. The van der Waals surface area contributed by atoms with Crippen molar-refractivity contribution in [3.63, 3.8) is 0 Å². The second-order valence-electron chi connectivity index (χ2n) is 11.0. The molecular weight excluding hydrogens is 566 g/mol. The van der Waals surface area contributed by atoms with Gasteiger partial charge in [-0.05, 0) is 71.4 Å². The highest BCUT2D eigenvalue weighted by Gasteiger charge is 2.45. The van der Waals surface area contributed by atoms with Crippen molar-refractivity contribution in [1.82, 2.24) is 0 Å². The first-order valence-electron chi connectivity index (χ1n) is 14.9. The van der Waals surface area contributed by atoms with Crippen molar-refractivity contribution in [2.75, 3.05) is 21.3 Å². The highest BCUT2D eigenvalue weighted by atomic mass is 16.5. The van der Waals surface area contributed by atoms with Crippen molar-refractivity contribution in [3.8, 4) is 28.4 Å². The Labute approximate surface area is 263 Å². The summed E-state index contributed by atoms with van der Waals surface area (Å²) >= 11 is 0. The van der Waals surface area contributed by atoms with Crippen LogP contribution in [0.15, 0.2) is 108 Å². The monoisotopic (exact) mass is 603 g/mol. The van der Waals surface area contributed by atoms with Crippen molar-refractivity contribution in [2.24, 2.45) is 4.99 Å². The topological polar surface area (TPSA) is 94.4 Å². The average molecular weight is 604 g/mol. The summed E-state index contributed by atoms with van der Waals surface area (Å²) in [6.45, 7) is 0. The molecule has 0 radical (unpaired) electrons. The predicted molar refractivity (Wildman–Crippen MR) is 176 cm³/mol. The van der Waals surface area contributed by atoms with Crippen molar-refractivity contribution < 1.29 is 28.9 Å². The van der Waals surface area contributed by atoms with E-state index in [4.69, 9.17) is 19.2 Å². The molecule has 2 unspecified atom stereocenters. The fourth-order valence-electron chi connectivity index (χ4n) is 6.15. The van der Waals surface area contributed by atoms with E-state index in [9.17, 15) is 14.7 Å². The number of hydrogen-bond donors (Lipinski definition) is 1. The lowest BCUT2D eigenvalue weighted by molar-refractivity contribution is -0.136. The standard InChI is InChI=1S/C38H37NO6/c1-43-33-23-30(24-34(44-2)36(33)45-3)37(42)38(21-10-22-39-38)32(16-9-13-26-11-5-4-6-12-26)28-19-17-27(18-20-28)31-15-8-7-14-29(31)25-35(40)41/h4-8,10-12,14-15,17-24,32H,9,13,16,25H2,1-3H3,(H,40,41). The molecule has 1 aliphatic heterocycles. The van der Waals surface area contributed by atoms with Crippen LogP contribution in [0, 0.1) is 0 Å². The number of carbonyl (C=O) groups is 2. The number of nitrogens with zero attached hydrogens (tertiary/aromatic N) is 1. The number of carboxylic acid groups (broad SMARTS) is 1. The smallest absolute Gasteiger partial charge is 0.307 e. The molecule has 1 aliphatic rings. The van der Waals surface area contributed by atoms with E-state index in [0.717, 1.165) is 35.1 Å². The van der Waals surface area contributed by atoms with Gasteiger partial charge in [0.2, 0.25) is 5.75 Å². The molecule has 0 saturated heterocycles. The number of hydrogen-bond acceptors (Lipinski definition) is 6. The van der Waals surface area contributed by atoms with Gasteiger partial charge in [0.05, 0.1) is 27.8 Å². The van der Waals surface area contributed by atoms with Crippen LogP contribution in [-0.2, 0) is 17.6 Å². The quantitative estimate of drug-likeness (QED) is 0.151. The Hall–Kier alpha value is -5.17. The molecule has 0 saturated carbocycles. The number of carbonyl (C=O) groups excluding carboxylic acids is 1. The third-order valence-electron chi connectivity index (χ3n) is 8.33. The average Bonchev–Trinajstić information content (AvgIpc) is 3.57. The van der Waals surface area contributed by atoms with Gasteiger partial charge in [-0.25, -0.2) is 0 Å². The van der Waals surface area contributed by atoms with E-state index in [0.29, 0.717) is 29.2 Å². The molecule has 230 valence electrons. The van der Waals surface area contributed by atoms with Gasteiger partial charge in [-0.1, -0.05) is 78.9 Å². The number of ketones is 1. The zero-order chi connectivity index (χ0) is 31.8. The minimum Gasteiger partial charge on any atom is -0.493 e. The number of benzene rings is 4. The Morgan fingerprint density at radius 3 is 2.11 bits per heavy atom. The van der Waals surface area contributed by atoms with Crippen LogP contribution >= 0.6 is 0 Å². The second kappa shape index (κ2) is 14.1. The molecule has 7 heteroatoms. The first-order valence-corrected chi connectivity index (χ1v) is 14.9. The van der Waals surface area contributed by atoms with Crippen LogP contribution in [0.1, 0.15) is 45.8 Å². The van der Waals surface area contributed by atoms with Gasteiger partial charge < -0.3 is 19.3 Å². The highest BCUT2D eigenvalue weighted by molar-refractivity contribution is 6.09. The summed E-state index contributed by atoms with van der Waals surface area (Å²) in [5.41, 5.74) is 3.94. The van der Waals surface area contributed by atoms with Crippen LogP contribution in [0.5, 0.6) is 17.2 Å². The predicted octanol–water partition coefficient (Wildman–Crippen LogP) is 7.38. The number of aryl methyl sites for hydroxylation is 1. The maximum absolute atomic E-state index is 14.6. The Balaban J connectivity index is 1.56. The molecule has 0 fully saturated rings. The lowest BCUT2D eigenvalue weighted by Crippen LogP contribution is -2.40. The molecular formula is C38H37NO6. The molecule has 4 aromatic rings. The molecule has 5 rings (SSSR count). The molecule has 1 N–H and O–H groups in total. The molecule has 0 aromatic heterocycles. The lowest BCUT2D eigenvalue weighted by Gasteiger charge is -2.33. The minimum absolute atomic E-state index is 0.0635. The van der Waals surface area contributed by atoms with Gasteiger partial charge >= 0.3 is 5.97 Å². The fraction of sp³-hybridized carbons (Fsp3) is 0.237. The summed E-state index contributed by atoms with van der Waals surface area (Å²) in [6.07, 6.45) is 7.74. The van der Waals surface area contributed by atoms with Crippen molar-refractivity contribution in [1.29, 1.82) is 0 Å². The highest BCUT2D eigenvalue weighted by Crippen LogP contribution is 2.45. The van der Waals surface area contributed by atoms with E-state index in [1.54, 1.807) is 18.3 Å². The zero-order valence-corrected chi connectivity index (χ0v) is 25.7. The second-order valence-corrected chi connectivity index (χ2v) is 11.0. The van der Waals surface area contributed by atoms with E-state index in [-0.39, 0.29) is 18.1 Å². The van der Waals surface area contributed by atoms with Gasteiger partial charge in [0.1, 0.15) is 5.54 Å². The van der Waals surface area contributed by atoms with Crippen LogP contribution in [0.4, 0.5) is 0 Å². The number of methoxy groups -OCH3 is 3. The Morgan fingerprint density at radius 1 is 0.844 bits per heavy atom. The van der Waals surface area contributed by atoms with E-state index in [2.05, 4.69) is 12.1 Å². The Morgan fingerprint density at radius 2 is 1.51 bits per heavy atom.